The van der Waals surface area contributed by atoms with Crippen LogP contribution in [0.1, 0.15) is 11.1 Å². The zero-order valence-electron chi connectivity index (χ0n) is 16.1. The van der Waals surface area contributed by atoms with Crippen LogP contribution in [0.4, 0.5) is 13.2 Å². The Morgan fingerprint density at radius 2 is 1.93 bits per heavy atom. The van der Waals surface area contributed by atoms with Crippen molar-refractivity contribution in [1.82, 2.24) is 15.5 Å². The maximum atomic E-state index is 12.1. The Morgan fingerprint density at radius 1 is 1.25 bits per heavy atom. The van der Waals surface area contributed by atoms with Crippen molar-refractivity contribution in [3.05, 3.63) is 35.4 Å². The van der Waals surface area contributed by atoms with Gasteiger partial charge >= 0.3 is 6.18 Å². The number of alkyl halides is 3. The first-order valence-corrected chi connectivity index (χ1v) is 8.82. The van der Waals surface area contributed by atoms with Gasteiger partial charge < -0.3 is 25.0 Å². The molecule has 160 valence electrons. The van der Waals surface area contributed by atoms with Gasteiger partial charge in [-0.1, -0.05) is 24.3 Å². The van der Waals surface area contributed by atoms with Gasteiger partial charge in [0.1, 0.15) is 6.61 Å². The lowest BCUT2D eigenvalue weighted by molar-refractivity contribution is -0.176. The van der Waals surface area contributed by atoms with Gasteiger partial charge in [-0.15, -0.1) is 24.0 Å². The number of morpholine rings is 1. The Bertz CT molecular complexity index is 599. The zero-order valence-corrected chi connectivity index (χ0v) is 18.4. The highest BCUT2D eigenvalue weighted by Crippen LogP contribution is 2.15. The summed E-state index contributed by atoms with van der Waals surface area (Å²) in [6, 6.07) is 7.22. The molecule has 1 unspecified atom stereocenters. The lowest BCUT2D eigenvalue weighted by Gasteiger charge is -2.30. The number of guanidine groups is 1. The van der Waals surface area contributed by atoms with Crippen LogP contribution in [0.15, 0.2) is 29.3 Å². The van der Waals surface area contributed by atoms with Crippen molar-refractivity contribution in [2.24, 2.45) is 4.99 Å². The third-order valence-corrected chi connectivity index (χ3v) is 4.08. The normalized spacial score (nSPS) is 18.5. The molecule has 0 spiro atoms. The molecule has 0 aliphatic carbocycles. The van der Waals surface area contributed by atoms with Crippen molar-refractivity contribution in [3.8, 4) is 0 Å². The number of rotatable bonds is 7. The summed E-state index contributed by atoms with van der Waals surface area (Å²) in [5, 5.41) is 6.45. The second-order valence-corrected chi connectivity index (χ2v) is 6.49. The lowest BCUT2D eigenvalue weighted by atomic mass is 10.1. The minimum absolute atomic E-state index is 0. The van der Waals surface area contributed by atoms with E-state index in [9.17, 15) is 13.2 Å². The molecule has 2 N–H and O–H groups in total. The monoisotopic (exact) mass is 516 g/mol. The molecule has 1 aliphatic rings. The number of benzene rings is 1. The van der Waals surface area contributed by atoms with E-state index < -0.39 is 12.8 Å². The first-order valence-electron chi connectivity index (χ1n) is 8.82. The predicted molar refractivity (Wildman–Crippen MR) is 113 cm³/mol. The standard InChI is InChI=1S/C18H27F3N4O2.HI/c1-22-17(24-10-16-11-25(2)7-8-27-16)23-9-14-3-5-15(6-4-14)12-26-13-18(19,20)21;/h3-6,16H,7-13H2,1-2H3,(H2,22,23,24);1H. The molecule has 0 saturated carbocycles. The van der Waals surface area contributed by atoms with E-state index in [2.05, 4.69) is 32.3 Å². The maximum absolute atomic E-state index is 12.1. The molecule has 1 heterocycles. The molecule has 0 bridgehead atoms. The van der Waals surface area contributed by atoms with Crippen molar-refractivity contribution < 1.29 is 22.6 Å². The quantitative estimate of drug-likeness (QED) is 0.331. The molecule has 0 amide bonds. The second kappa shape index (κ2) is 12.5. The summed E-state index contributed by atoms with van der Waals surface area (Å²) in [4.78, 5) is 6.41. The van der Waals surface area contributed by atoms with E-state index in [0.717, 1.165) is 25.3 Å². The Balaban J connectivity index is 0.00000392. The van der Waals surface area contributed by atoms with E-state index in [-0.39, 0.29) is 36.7 Å². The van der Waals surface area contributed by atoms with Gasteiger partial charge in [-0.3, -0.25) is 4.99 Å². The van der Waals surface area contributed by atoms with Crippen LogP contribution in [0.2, 0.25) is 0 Å². The number of hydrogen-bond donors (Lipinski definition) is 2. The predicted octanol–water partition coefficient (Wildman–Crippen LogP) is 2.38. The second-order valence-electron chi connectivity index (χ2n) is 6.49. The number of halogens is 4. The third-order valence-electron chi connectivity index (χ3n) is 4.08. The third kappa shape index (κ3) is 9.89. The van der Waals surface area contributed by atoms with E-state index in [1.165, 1.54) is 0 Å². The van der Waals surface area contributed by atoms with Crippen LogP contribution >= 0.6 is 24.0 Å². The number of aliphatic imine (C=N–C) groups is 1. The first kappa shape index (κ1) is 24.9. The van der Waals surface area contributed by atoms with Gasteiger partial charge in [0.15, 0.2) is 5.96 Å². The molecular formula is C18H28F3IN4O2. The van der Waals surface area contributed by atoms with Crippen LogP contribution in [-0.4, -0.2) is 70.1 Å². The molecule has 0 aromatic heterocycles. The molecule has 28 heavy (non-hydrogen) atoms. The van der Waals surface area contributed by atoms with Crippen LogP contribution in [-0.2, 0) is 22.6 Å². The molecule has 6 nitrogen and oxygen atoms in total. The molecule has 10 heteroatoms. The Kier molecular flexibility index (Phi) is 11.1. The van der Waals surface area contributed by atoms with Gasteiger partial charge in [0, 0.05) is 33.2 Å². The summed E-state index contributed by atoms with van der Waals surface area (Å²) in [5.74, 6) is 0.671. The summed E-state index contributed by atoms with van der Waals surface area (Å²) in [6.07, 6.45) is -4.18. The minimum atomic E-state index is -4.30. The number of ether oxygens (including phenoxy) is 2. The lowest BCUT2D eigenvalue weighted by Crippen LogP contribution is -2.48. The van der Waals surface area contributed by atoms with E-state index in [1.54, 1.807) is 19.2 Å². The van der Waals surface area contributed by atoms with Crippen molar-refractivity contribution in [2.45, 2.75) is 25.4 Å². The van der Waals surface area contributed by atoms with E-state index >= 15 is 0 Å². The fraction of sp³-hybridized carbons (Fsp3) is 0.611. The Labute approximate surface area is 180 Å². The molecule has 1 fully saturated rings. The first-order chi connectivity index (χ1) is 12.9. The van der Waals surface area contributed by atoms with Gasteiger partial charge in [0.2, 0.25) is 0 Å². The fourth-order valence-corrected chi connectivity index (χ4v) is 2.65. The number of nitrogens with zero attached hydrogens (tertiary/aromatic N) is 2. The highest BCUT2D eigenvalue weighted by atomic mass is 127. The minimum Gasteiger partial charge on any atom is -0.374 e. The average molecular weight is 516 g/mol. The van der Waals surface area contributed by atoms with Crippen LogP contribution < -0.4 is 10.6 Å². The van der Waals surface area contributed by atoms with Gasteiger partial charge in [0.05, 0.1) is 19.3 Å². The van der Waals surface area contributed by atoms with E-state index in [4.69, 9.17) is 4.74 Å². The topological polar surface area (TPSA) is 58.1 Å². The molecule has 1 aromatic rings. The Hall–Kier alpha value is -1.11. The van der Waals surface area contributed by atoms with Crippen LogP contribution in [0.25, 0.3) is 0 Å². The molecule has 1 atom stereocenters. The molecule has 2 rings (SSSR count). The molecule has 1 aliphatic heterocycles. The van der Waals surface area contributed by atoms with Crippen molar-refractivity contribution in [2.75, 3.05) is 46.9 Å². The largest absolute Gasteiger partial charge is 0.411 e. The van der Waals surface area contributed by atoms with Gasteiger partial charge in [-0.05, 0) is 18.2 Å². The highest BCUT2D eigenvalue weighted by molar-refractivity contribution is 14.0. The SMILES string of the molecule is CN=C(NCc1ccc(COCC(F)(F)F)cc1)NCC1CN(C)CCO1.I. The van der Waals surface area contributed by atoms with Crippen molar-refractivity contribution in [1.29, 1.82) is 0 Å². The van der Waals surface area contributed by atoms with E-state index in [0.29, 0.717) is 24.6 Å². The summed E-state index contributed by atoms with van der Waals surface area (Å²) >= 11 is 0. The molecule has 0 radical (unpaired) electrons. The van der Waals surface area contributed by atoms with Crippen LogP contribution in [0.5, 0.6) is 0 Å². The Morgan fingerprint density at radius 3 is 2.54 bits per heavy atom. The van der Waals surface area contributed by atoms with Crippen molar-refractivity contribution in [3.63, 3.8) is 0 Å². The van der Waals surface area contributed by atoms with E-state index in [1.807, 2.05) is 12.1 Å². The number of nitrogens with one attached hydrogen (secondary N) is 2. The van der Waals surface area contributed by atoms with Crippen LogP contribution in [0, 0.1) is 0 Å². The fourth-order valence-electron chi connectivity index (χ4n) is 2.65. The highest BCUT2D eigenvalue weighted by Gasteiger charge is 2.27. The van der Waals surface area contributed by atoms with Gasteiger partial charge in [-0.2, -0.15) is 13.2 Å². The summed E-state index contributed by atoms with van der Waals surface area (Å²) in [7, 11) is 3.77. The number of hydrogen-bond acceptors (Lipinski definition) is 4. The molecule has 1 aromatic carbocycles. The average Bonchev–Trinajstić information content (AvgIpc) is 2.62. The maximum Gasteiger partial charge on any atom is 0.411 e. The van der Waals surface area contributed by atoms with Gasteiger partial charge in [0.25, 0.3) is 0 Å². The van der Waals surface area contributed by atoms with Crippen LogP contribution in [0.3, 0.4) is 0 Å². The molecule has 1 saturated heterocycles. The zero-order chi connectivity index (χ0) is 19.7. The van der Waals surface area contributed by atoms with Crippen molar-refractivity contribution >= 4 is 29.9 Å². The summed E-state index contributed by atoms with van der Waals surface area (Å²) in [5.41, 5.74) is 1.69. The number of likely N-dealkylation sites (N-methyl/N-ethyl adjacent to an activating group) is 1. The molecular weight excluding hydrogens is 488 g/mol. The summed E-state index contributed by atoms with van der Waals surface area (Å²) in [6.45, 7) is 2.47. The smallest absolute Gasteiger partial charge is 0.374 e. The summed E-state index contributed by atoms with van der Waals surface area (Å²) < 4.78 is 46.6. The van der Waals surface area contributed by atoms with Gasteiger partial charge in [-0.25, -0.2) is 0 Å².